The fourth-order valence-corrected chi connectivity index (χ4v) is 2.54. The zero-order chi connectivity index (χ0) is 14.9. The first-order valence-electron chi connectivity index (χ1n) is 5.32. The Morgan fingerprint density at radius 1 is 1.25 bits per heavy atom. The van der Waals surface area contributed by atoms with Gasteiger partial charge < -0.3 is 5.32 Å². The van der Waals surface area contributed by atoms with Gasteiger partial charge in [-0.05, 0) is 18.2 Å². The number of aromatic nitrogens is 2. The summed E-state index contributed by atoms with van der Waals surface area (Å²) in [5, 5.41) is 5.86. The zero-order valence-electron chi connectivity index (χ0n) is 9.91. The fourth-order valence-electron chi connectivity index (χ4n) is 1.56. The van der Waals surface area contributed by atoms with Crippen molar-refractivity contribution in [3.63, 3.8) is 0 Å². The van der Waals surface area contributed by atoms with Crippen LogP contribution in [0.2, 0.25) is 15.1 Å². The van der Waals surface area contributed by atoms with Crippen LogP contribution in [0.15, 0.2) is 35.6 Å². The number of hydrogen-bond acceptors (Lipinski definition) is 2. The van der Waals surface area contributed by atoms with Crippen molar-refractivity contribution >= 4 is 46.5 Å². The van der Waals surface area contributed by atoms with Crippen LogP contribution in [0.4, 0.5) is 5.82 Å². The van der Waals surface area contributed by atoms with E-state index in [9.17, 15) is 9.59 Å². The summed E-state index contributed by atoms with van der Waals surface area (Å²) in [6, 6.07) is 4.11. The van der Waals surface area contributed by atoms with Gasteiger partial charge in [0.25, 0.3) is 5.56 Å². The molecule has 0 aliphatic heterocycles. The van der Waals surface area contributed by atoms with E-state index in [0.29, 0.717) is 5.02 Å². The van der Waals surface area contributed by atoms with Crippen molar-refractivity contribution in [3.05, 3.63) is 56.3 Å². The first-order valence-corrected chi connectivity index (χ1v) is 6.46. The van der Waals surface area contributed by atoms with Crippen LogP contribution in [0.25, 0.3) is 5.69 Å². The third-order valence-electron chi connectivity index (χ3n) is 2.37. The molecule has 0 saturated heterocycles. The van der Waals surface area contributed by atoms with E-state index in [2.05, 4.69) is 17.0 Å². The van der Waals surface area contributed by atoms with Gasteiger partial charge in [0.15, 0.2) is 0 Å². The first-order chi connectivity index (χ1) is 9.42. The third-order valence-corrected chi connectivity index (χ3v) is 3.16. The van der Waals surface area contributed by atoms with Gasteiger partial charge in [0.05, 0.1) is 10.0 Å². The Labute approximate surface area is 128 Å². The topological polar surface area (TPSA) is 66.9 Å². The number of nitrogens with one attached hydrogen (secondary N) is 2. The van der Waals surface area contributed by atoms with Gasteiger partial charge in [-0.1, -0.05) is 41.4 Å². The highest BCUT2D eigenvalue weighted by Gasteiger charge is 2.14. The molecule has 0 atom stereocenters. The Hall–Kier alpha value is -1.69. The second kappa shape index (κ2) is 5.75. The van der Waals surface area contributed by atoms with Crippen molar-refractivity contribution in [2.75, 3.05) is 5.32 Å². The monoisotopic (exact) mass is 331 g/mol. The van der Waals surface area contributed by atoms with Crippen LogP contribution in [0.5, 0.6) is 0 Å². The minimum absolute atomic E-state index is 0.196. The van der Waals surface area contributed by atoms with Crippen LogP contribution in [0, 0.1) is 0 Å². The lowest BCUT2D eigenvalue weighted by atomic mass is 10.3. The number of halogens is 3. The van der Waals surface area contributed by atoms with Gasteiger partial charge in [-0.3, -0.25) is 14.7 Å². The van der Waals surface area contributed by atoms with Crippen molar-refractivity contribution in [1.82, 2.24) is 9.78 Å². The summed E-state index contributed by atoms with van der Waals surface area (Å²) in [6.45, 7) is 3.31. The first kappa shape index (κ1) is 14.7. The molecule has 1 aromatic carbocycles. The molecular weight excluding hydrogens is 325 g/mol. The van der Waals surface area contributed by atoms with Crippen LogP contribution in [0.1, 0.15) is 0 Å². The molecule has 2 rings (SSSR count). The van der Waals surface area contributed by atoms with Crippen LogP contribution in [0.3, 0.4) is 0 Å². The predicted molar refractivity (Wildman–Crippen MR) is 80.2 cm³/mol. The summed E-state index contributed by atoms with van der Waals surface area (Å²) in [7, 11) is 0. The molecule has 20 heavy (non-hydrogen) atoms. The summed E-state index contributed by atoms with van der Waals surface area (Å²) in [5.41, 5.74) is -0.183. The Balaban J connectivity index is 2.52. The van der Waals surface area contributed by atoms with Crippen molar-refractivity contribution in [2.45, 2.75) is 0 Å². The molecule has 8 heteroatoms. The number of H-pyrrole nitrogens is 1. The minimum Gasteiger partial charge on any atom is -0.307 e. The van der Waals surface area contributed by atoms with E-state index in [1.807, 2.05) is 0 Å². The van der Waals surface area contributed by atoms with Crippen LogP contribution in [-0.4, -0.2) is 15.7 Å². The van der Waals surface area contributed by atoms with Crippen molar-refractivity contribution < 1.29 is 4.79 Å². The average molecular weight is 333 g/mol. The molecule has 2 aromatic rings. The maximum absolute atomic E-state index is 11.9. The molecule has 0 unspecified atom stereocenters. The second-order valence-corrected chi connectivity index (χ2v) is 5.01. The summed E-state index contributed by atoms with van der Waals surface area (Å²) in [5.74, 6) is -0.256. The molecular formula is C12H8Cl3N3O2. The Morgan fingerprint density at radius 3 is 2.40 bits per heavy atom. The summed E-state index contributed by atoms with van der Waals surface area (Å²) in [6.07, 6.45) is 1.08. The highest BCUT2D eigenvalue weighted by Crippen LogP contribution is 2.31. The van der Waals surface area contributed by atoms with E-state index in [1.165, 1.54) is 18.2 Å². The van der Waals surface area contributed by atoms with E-state index in [0.717, 1.165) is 10.8 Å². The Kier molecular flexibility index (Phi) is 4.23. The number of rotatable bonds is 3. The molecule has 0 aliphatic carbocycles. The normalized spacial score (nSPS) is 10.3. The summed E-state index contributed by atoms with van der Waals surface area (Å²) in [4.78, 5) is 23.1. The number of aromatic amines is 1. The molecule has 1 aromatic heterocycles. The minimum atomic E-state index is -0.452. The number of carbonyl (C=O) groups excluding carboxylic acids is 1. The van der Waals surface area contributed by atoms with Crippen molar-refractivity contribution in [2.24, 2.45) is 0 Å². The van der Waals surface area contributed by atoms with E-state index >= 15 is 0 Å². The summed E-state index contributed by atoms with van der Waals surface area (Å²) >= 11 is 17.9. The van der Waals surface area contributed by atoms with E-state index in [1.54, 1.807) is 0 Å². The van der Waals surface area contributed by atoms with Gasteiger partial charge in [-0.25, -0.2) is 4.68 Å². The molecule has 5 nitrogen and oxygen atoms in total. The van der Waals surface area contributed by atoms with E-state index in [-0.39, 0.29) is 21.6 Å². The quantitative estimate of drug-likeness (QED) is 0.847. The van der Waals surface area contributed by atoms with Gasteiger partial charge in [0.1, 0.15) is 11.5 Å². The highest BCUT2D eigenvalue weighted by atomic mass is 35.5. The summed E-state index contributed by atoms with van der Waals surface area (Å²) < 4.78 is 1.11. The highest BCUT2D eigenvalue weighted by molar-refractivity contribution is 6.40. The lowest BCUT2D eigenvalue weighted by Crippen LogP contribution is -2.14. The smallest absolute Gasteiger partial charge is 0.273 e. The lowest BCUT2D eigenvalue weighted by molar-refractivity contribution is -0.111. The second-order valence-electron chi connectivity index (χ2n) is 3.75. The third kappa shape index (κ3) is 2.90. The zero-order valence-corrected chi connectivity index (χ0v) is 12.2. The largest absolute Gasteiger partial charge is 0.307 e. The van der Waals surface area contributed by atoms with Gasteiger partial charge >= 0.3 is 0 Å². The van der Waals surface area contributed by atoms with Crippen molar-refractivity contribution in [3.8, 4) is 5.69 Å². The molecule has 0 spiro atoms. The molecule has 0 aliphatic rings. The number of nitrogens with zero attached hydrogens (tertiary/aromatic N) is 1. The molecule has 0 radical (unpaired) electrons. The number of anilines is 1. The SMILES string of the molecule is C=CC(=O)Nc1cc(=O)n(-c2c(Cl)cc(Cl)cc2Cl)[nH]1. The van der Waals surface area contributed by atoms with E-state index < -0.39 is 11.5 Å². The molecule has 0 bridgehead atoms. The van der Waals surface area contributed by atoms with Crippen LogP contribution in [-0.2, 0) is 4.79 Å². The van der Waals surface area contributed by atoms with Gasteiger partial charge in [-0.2, -0.15) is 0 Å². The van der Waals surface area contributed by atoms with Gasteiger partial charge in [0, 0.05) is 11.1 Å². The molecule has 1 amide bonds. The van der Waals surface area contributed by atoms with Gasteiger partial charge in [-0.15, -0.1) is 0 Å². The molecule has 2 N–H and O–H groups in total. The number of benzene rings is 1. The Morgan fingerprint density at radius 2 is 1.85 bits per heavy atom. The standard InChI is InChI=1S/C12H8Cl3N3O2/c1-2-10(19)16-9-5-11(20)18(17-9)12-7(14)3-6(13)4-8(12)15/h2-5,17H,1H2,(H,16,19). The van der Waals surface area contributed by atoms with E-state index in [4.69, 9.17) is 34.8 Å². The average Bonchev–Trinajstić information content (AvgIpc) is 2.69. The molecule has 104 valence electrons. The fraction of sp³-hybridized carbons (Fsp3) is 0. The van der Waals surface area contributed by atoms with Crippen LogP contribution >= 0.6 is 34.8 Å². The predicted octanol–water partition coefficient (Wildman–Crippen LogP) is 3.25. The molecule has 0 saturated carbocycles. The lowest BCUT2D eigenvalue weighted by Gasteiger charge is -2.08. The number of carbonyl (C=O) groups is 1. The maximum atomic E-state index is 11.9. The number of hydrogen-bond donors (Lipinski definition) is 2. The maximum Gasteiger partial charge on any atom is 0.273 e. The molecule has 0 fully saturated rings. The Bertz CT molecular complexity index is 726. The van der Waals surface area contributed by atoms with Crippen LogP contribution < -0.4 is 10.9 Å². The van der Waals surface area contributed by atoms with Gasteiger partial charge in [0.2, 0.25) is 5.91 Å². The molecule has 1 heterocycles. The van der Waals surface area contributed by atoms with Crippen molar-refractivity contribution in [1.29, 1.82) is 0 Å². The number of amides is 1.